The van der Waals surface area contributed by atoms with E-state index >= 15 is 0 Å². The van der Waals surface area contributed by atoms with Gasteiger partial charge in [-0.1, -0.05) is 12.1 Å². The summed E-state index contributed by atoms with van der Waals surface area (Å²) in [6.45, 7) is -0.239. The van der Waals surface area contributed by atoms with Gasteiger partial charge in [-0.2, -0.15) is 0 Å². The van der Waals surface area contributed by atoms with E-state index in [9.17, 15) is 18.8 Å². The molecule has 0 saturated heterocycles. The highest BCUT2D eigenvalue weighted by Crippen LogP contribution is 2.25. The normalized spacial score (nSPS) is 10.3. The van der Waals surface area contributed by atoms with Crippen molar-refractivity contribution in [3.63, 3.8) is 0 Å². The molecule has 29 heavy (non-hydrogen) atoms. The molecule has 0 bridgehead atoms. The van der Waals surface area contributed by atoms with Gasteiger partial charge < -0.3 is 19.8 Å². The number of methoxy groups -OCH3 is 1. The number of halogens is 1. The minimum atomic E-state index is -0.560. The number of anilines is 1. The molecule has 3 aromatic rings. The third-order valence-electron chi connectivity index (χ3n) is 4.00. The van der Waals surface area contributed by atoms with Crippen LogP contribution in [-0.4, -0.2) is 31.4 Å². The van der Waals surface area contributed by atoms with Gasteiger partial charge in [-0.3, -0.25) is 14.4 Å². The zero-order valence-electron chi connectivity index (χ0n) is 15.4. The van der Waals surface area contributed by atoms with Crippen LogP contribution < -0.4 is 10.6 Å². The molecular weight excluding hydrogens is 379 g/mol. The zero-order chi connectivity index (χ0) is 20.8. The molecule has 0 radical (unpaired) electrons. The molecule has 2 amide bonds. The fourth-order valence-electron chi connectivity index (χ4n) is 2.49. The Balaban J connectivity index is 1.63. The molecule has 1 heterocycles. The van der Waals surface area contributed by atoms with Crippen LogP contribution >= 0.6 is 0 Å². The maximum atomic E-state index is 13.8. The topological polar surface area (TPSA) is 97.6 Å². The van der Waals surface area contributed by atoms with Crippen molar-refractivity contribution in [3.8, 4) is 11.3 Å². The van der Waals surface area contributed by atoms with Gasteiger partial charge in [-0.05, 0) is 48.5 Å². The molecule has 0 aliphatic rings. The van der Waals surface area contributed by atoms with Crippen molar-refractivity contribution in [3.05, 3.63) is 77.8 Å². The van der Waals surface area contributed by atoms with Gasteiger partial charge in [0, 0.05) is 11.3 Å². The number of amides is 2. The fraction of sp³-hybridized carbons (Fsp3) is 0.0952. The molecule has 3 rings (SSSR count). The van der Waals surface area contributed by atoms with Crippen LogP contribution in [0.25, 0.3) is 11.3 Å². The molecule has 0 fully saturated rings. The van der Waals surface area contributed by atoms with Gasteiger partial charge in [0.25, 0.3) is 11.8 Å². The van der Waals surface area contributed by atoms with Crippen LogP contribution in [0, 0.1) is 5.82 Å². The van der Waals surface area contributed by atoms with Crippen molar-refractivity contribution in [2.75, 3.05) is 19.0 Å². The van der Waals surface area contributed by atoms with Gasteiger partial charge >= 0.3 is 5.97 Å². The summed E-state index contributed by atoms with van der Waals surface area (Å²) >= 11 is 0. The second kappa shape index (κ2) is 8.83. The number of esters is 1. The lowest BCUT2D eigenvalue weighted by Crippen LogP contribution is -2.30. The Kier molecular flexibility index (Phi) is 6.03. The van der Waals surface area contributed by atoms with Gasteiger partial charge in [0.15, 0.2) is 5.76 Å². The third-order valence-corrected chi connectivity index (χ3v) is 4.00. The third kappa shape index (κ3) is 4.86. The summed E-state index contributed by atoms with van der Waals surface area (Å²) < 4.78 is 23.7. The molecule has 0 unspecified atom stereocenters. The number of hydrogen-bond donors (Lipinski definition) is 2. The van der Waals surface area contributed by atoms with Crippen LogP contribution in [-0.2, 0) is 9.53 Å². The Morgan fingerprint density at radius 1 is 0.966 bits per heavy atom. The predicted molar refractivity (Wildman–Crippen MR) is 103 cm³/mol. The SMILES string of the molecule is COC(=O)CNC(=O)c1ccc(NC(=O)c2ccc(-c3ccccc3F)o2)cc1. The second-order valence-electron chi connectivity index (χ2n) is 5.93. The number of hydrogen-bond acceptors (Lipinski definition) is 5. The molecule has 148 valence electrons. The molecule has 2 aromatic carbocycles. The van der Waals surface area contributed by atoms with Crippen molar-refractivity contribution >= 4 is 23.5 Å². The van der Waals surface area contributed by atoms with Crippen LogP contribution in [0.3, 0.4) is 0 Å². The van der Waals surface area contributed by atoms with Crippen molar-refractivity contribution in [2.45, 2.75) is 0 Å². The Morgan fingerprint density at radius 2 is 1.69 bits per heavy atom. The smallest absolute Gasteiger partial charge is 0.325 e. The highest BCUT2D eigenvalue weighted by Gasteiger charge is 2.15. The number of ether oxygens (including phenoxy) is 1. The molecule has 7 nitrogen and oxygen atoms in total. The van der Waals surface area contributed by atoms with Gasteiger partial charge in [0.2, 0.25) is 0 Å². The van der Waals surface area contributed by atoms with E-state index in [2.05, 4.69) is 15.4 Å². The first kappa shape index (κ1) is 19.8. The van der Waals surface area contributed by atoms with Crippen molar-refractivity contribution in [1.82, 2.24) is 5.32 Å². The van der Waals surface area contributed by atoms with E-state index < -0.39 is 23.6 Å². The van der Waals surface area contributed by atoms with Crippen LogP contribution in [0.2, 0.25) is 0 Å². The molecular formula is C21H17FN2O5. The van der Waals surface area contributed by atoms with E-state index in [0.29, 0.717) is 11.3 Å². The van der Waals surface area contributed by atoms with Gasteiger partial charge in [-0.15, -0.1) is 0 Å². The minimum absolute atomic E-state index is 0.0168. The summed E-state index contributed by atoms with van der Waals surface area (Å²) in [5.41, 5.74) is 1.00. The molecule has 0 atom stereocenters. The largest absolute Gasteiger partial charge is 0.468 e. The standard InChI is InChI=1S/C21H17FN2O5/c1-28-19(25)12-23-20(26)13-6-8-14(9-7-13)24-21(27)18-11-10-17(29-18)15-4-2-3-5-16(15)22/h2-11H,12H2,1H3,(H,23,26)(H,24,27). The van der Waals surface area contributed by atoms with E-state index in [1.807, 2.05) is 0 Å². The predicted octanol–water partition coefficient (Wildman–Crippen LogP) is 3.24. The summed E-state index contributed by atoms with van der Waals surface area (Å²) in [6.07, 6.45) is 0. The lowest BCUT2D eigenvalue weighted by atomic mass is 10.1. The molecule has 2 N–H and O–H groups in total. The Hall–Kier alpha value is -3.94. The number of benzene rings is 2. The lowest BCUT2D eigenvalue weighted by molar-refractivity contribution is -0.139. The average Bonchev–Trinajstić information content (AvgIpc) is 3.22. The van der Waals surface area contributed by atoms with Crippen molar-refractivity contribution < 1.29 is 27.9 Å². The Morgan fingerprint density at radius 3 is 2.38 bits per heavy atom. The minimum Gasteiger partial charge on any atom is -0.468 e. The number of rotatable bonds is 6. The number of nitrogens with one attached hydrogen (secondary N) is 2. The van der Waals surface area contributed by atoms with Gasteiger partial charge in [0.05, 0.1) is 12.7 Å². The molecule has 0 spiro atoms. The average molecular weight is 396 g/mol. The van der Waals surface area contributed by atoms with Crippen molar-refractivity contribution in [1.29, 1.82) is 0 Å². The lowest BCUT2D eigenvalue weighted by Gasteiger charge is -2.06. The van der Waals surface area contributed by atoms with E-state index in [-0.39, 0.29) is 23.6 Å². The van der Waals surface area contributed by atoms with Gasteiger partial charge in [0.1, 0.15) is 18.1 Å². The fourth-order valence-corrected chi connectivity index (χ4v) is 2.49. The molecule has 0 aliphatic carbocycles. The maximum Gasteiger partial charge on any atom is 0.325 e. The molecule has 1 aromatic heterocycles. The second-order valence-corrected chi connectivity index (χ2v) is 5.93. The summed E-state index contributed by atoms with van der Waals surface area (Å²) in [5, 5.41) is 5.04. The summed E-state index contributed by atoms with van der Waals surface area (Å²) in [6, 6.07) is 15.1. The quantitative estimate of drug-likeness (QED) is 0.624. The van der Waals surface area contributed by atoms with E-state index in [4.69, 9.17) is 4.42 Å². The first-order valence-electron chi connectivity index (χ1n) is 8.59. The molecule has 0 aliphatic heterocycles. The summed E-state index contributed by atoms with van der Waals surface area (Å²) in [5.74, 6) is -1.72. The summed E-state index contributed by atoms with van der Waals surface area (Å²) in [7, 11) is 1.23. The van der Waals surface area contributed by atoms with Crippen LogP contribution in [0.4, 0.5) is 10.1 Å². The number of carbonyl (C=O) groups excluding carboxylic acids is 3. The zero-order valence-corrected chi connectivity index (χ0v) is 15.4. The Bertz CT molecular complexity index is 1040. The first-order valence-corrected chi connectivity index (χ1v) is 8.59. The molecule has 8 heteroatoms. The van der Waals surface area contributed by atoms with Crippen LogP contribution in [0.1, 0.15) is 20.9 Å². The highest BCUT2D eigenvalue weighted by molar-refractivity contribution is 6.03. The highest BCUT2D eigenvalue weighted by atomic mass is 19.1. The van der Waals surface area contributed by atoms with E-state index in [0.717, 1.165) is 0 Å². The van der Waals surface area contributed by atoms with Crippen molar-refractivity contribution in [2.24, 2.45) is 0 Å². The van der Waals surface area contributed by atoms with E-state index in [1.165, 1.54) is 49.6 Å². The monoisotopic (exact) mass is 396 g/mol. The van der Waals surface area contributed by atoms with Gasteiger partial charge in [-0.25, -0.2) is 4.39 Å². The number of furan rings is 1. The first-order chi connectivity index (χ1) is 14.0. The van der Waals surface area contributed by atoms with Crippen LogP contribution in [0.15, 0.2) is 65.1 Å². The maximum absolute atomic E-state index is 13.8. The molecule has 0 saturated carbocycles. The Labute approximate surface area is 165 Å². The van der Waals surface area contributed by atoms with Crippen LogP contribution in [0.5, 0.6) is 0 Å². The number of carbonyl (C=O) groups is 3. The summed E-state index contributed by atoms with van der Waals surface area (Å²) in [4.78, 5) is 35.3. The van der Waals surface area contributed by atoms with E-state index in [1.54, 1.807) is 18.2 Å².